The molecule has 2 atom stereocenters. The van der Waals surface area contributed by atoms with Gasteiger partial charge in [-0.05, 0) is 49.9 Å². The number of halogens is 2. The number of methoxy groups -OCH3 is 1. The molecule has 3 saturated heterocycles. The fourth-order valence-electron chi connectivity index (χ4n) is 5.67. The van der Waals surface area contributed by atoms with Crippen LogP contribution in [0, 0.1) is 11.3 Å². The summed E-state index contributed by atoms with van der Waals surface area (Å²) < 4.78 is 45.2. The number of aromatic nitrogens is 3. The van der Waals surface area contributed by atoms with Crippen LogP contribution in [0.2, 0.25) is 0 Å². The van der Waals surface area contributed by atoms with Crippen LogP contribution in [-0.4, -0.2) is 97.0 Å². The van der Waals surface area contributed by atoms with Gasteiger partial charge in [0.1, 0.15) is 23.3 Å². The summed E-state index contributed by atoms with van der Waals surface area (Å²) in [5, 5.41) is 15.5. The lowest BCUT2D eigenvalue weighted by atomic mass is 10.0. The standard InChI is InChI=1S/C30H34F2N8O3/c1-19-15-39(22-16-42-17-22)11-12-40(19)24-4-6-27(37-28(24)41-2)38-29-35-10-7-23(36-29)20-3-5-25(21(13-20)14-33)43-26-8-9-34-18-30(26,31)32/h3-7,10,13,19,22,26,34H,8-9,11-12,15-18H2,1-2H3,(H,35,36,37,38)/t19-,26?/m0/s1. The van der Waals surface area contributed by atoms with Crippen molar-refractivity contribution in [3.63, 3.8) is 0 Å². The normalized spacial score (nSPS) is 22.3. The number of hydrogen-bond donors (Lipinski definition) is 2. The monoisotopic (exact) mass is 592 g/mol. The molecule has 226 valence electrons. The molecule has 5 heterocycles. The van der Waals surface area contributed by atoms with E-state index >= 15 is 0 Å². The maximum Gasteiger partial charge on any atom is 0.296 e. The van der Waals surface area contributed by atoms with E-state index in [4.69, 9.17) is 14.2 Å². The van der Waals surface area contributed by atoms with Crippen LogP contribution in [-0.2, 0) is 4.74 Å². The molecule has 3 aromatic rings. The van der Waals surface area contributed by atoms with E-state index < -0.39 is 18.6 Å². The maximum absolute atomic E-state index is 14.3. The molecule has 3 aliphatic heterocycles. The SMILES string of the molecule is COc1nc(Nc2nccc(-c3ccc(OC4CCNCC4(F)F)c(C#N)c3)n2)ccc1N1CCN(C2COC2)C[C@@H]1C. The molecule has 2 N–H and O–H groups in total. The number of benzene rings is 1. The highest BCUT2D eigenvalue weighted by atomic mass is 19.3. The van der Waals surface area contributed by atoms with Crippen molar-refractivity contribution in [3.8, 4) is 29.0 Å². The third-order valence-corrected chi connectivity index (χ3v) is 8.11. The highest BCUT2D eigenvalue weighted by molar-refractivity contribution is 5.66. The summed E-state index contributed by atoms with van der Waals surface area (Å²) in [7, 11) is 1.60. The Labute approximate surface area is 248 Å². The number of piperazine rings is 1. The molecule has 0 bridgehead atoms. The van der Waals surface area contributed by atoms with Gasteiger partial charge in [-0.3, -0.25) is 4.90 Å². The molecule has 0 aliphatic carbocycles. The van der Waals surface area contributed by atoms with Crippen molar-refractivity contribution in [2.24, 2.45) is 0 Å². The highest BCUT2D eigenvalue weighted by Gasteiger charge is 2.43. The number of piperidine rings is 1. The van der Waals surface area contributed by atoms with Gasteiger partial charge in [0.05, 0.1) is 44.2 Å². The van der Waals surface area contributed by atoms with Crippen LogP contribution in [0.5, 0.6) is 11.6 Å². The Hall–Kier alpha value is -4.12. The second-order valence-corrected chi connectivity index (χ2v) is 11.0. The molecule has 43 heavy (non-hydrogen) atoms. The van der Waals surface area contributed by atoms with E-state index in [2.05, 4.69) is 48.4 Å². The van der Waals surface area contributed by atoms with E-state index in [1.54, 1.807) is 31.5 Å². The van der Waals surface area contributed by atoms with Crippen LogP contribution in [0.25, 0.3) is 11.3 Å². The summed E-state index contributed by atoms with van der Waals surface area (Å²) >= 11 is 0. The van der Waals surface area contributed by atoms with Crippen molar-refractivity contribution in [1.82, 2.24) is 25.2 Å². The van der Waals surface area contributed by atoms with Crippen molar-refractivity contribution >= 4 is 17.5 Å². The first-order chi connectivity index (χ1) is 20.8. The van der Waals surface area contributed by atoms with Crippen molar-refractivity contribution in [1.29, 1.82) is 5.26 Å². The minimum absolute atomic E-state index is 0.120. The van der Waals surface area contributed by atoms with Crippen LogP contribution in [0.3, 0.4) is 0 Å². The third-order valence-electron chi connectivity index (χ3n) is 8.11. The number of anilines is 3. The Kier molecular flexibility index (Phi) is 8.25. The third kappa shape index (κ3) is 6.17. The van der Waals surface area contributed by atoms with Crippen LogP contribution < -0.4 is 25.0 Å². The summed E-state index contributed by atoms with van der Waals surface area (Å²) in [5.41, 5.74) is 2.24. The van der Waals surface area contributed by atoms with Crippen LogP contribution in [0.1, 0.15) is 18.9 Å². The number of nitriles is 1. The summed E-state index contributed by atoms with van der Waals surface area (Å²) in [6.45, 7) is 6.55. The molecule has 0 radical (unpaired) electrons. The fraction of sp³-hybridized carbons (Fsp3) is 0.467. The molecule has 2 aromatic heterocycles. The zero-order chi connectivity index (χ0) is 30.0. The Balaban J connectivity index is 1.16. The first kappa shape index (κ1) is 29.0. The predicted octanol–water partition coefficient (Wildman–Crippen LogP) is 3.45. The van der Waals surface area contributed by atoms with E-state index in [1.165, 1.54) is 6.07 Å². The largest absolute Gasteiger partial charge is 0.483 e. The summed E-state index contributed by atoms with van der Waals surface area (Å²) in [6, 6.07) is 13.2. The molecule has 13 heteroatoms. The molecular formula is C30H34F2N8O3. The van der Waals surface area contributed by atoms with E-state index in [-0.39, 0.29) is 23.8 Å². The number of alkyl halides is 2. The number of rotatable bonds is 8. The second-order valence-electron chi connectivity index (χ2n) is 11.0. The minimum atomic E-state index is -3.02. The van der Waals surface area contributed by atoms with Crippen LogP contribution in [0.4, 0.5) is 26.2 Å². The average molecular weight is 593 g/mol. The minimum Gasteiger partial charge on any atom is -0.483 e. The predicted molar refractivity (Wildman–Crippen MR) is 156 cm³/mol. The van der Waals surface area contributed by atoms with Crippen molar-refractivity contribution in [2.75, 3.05) is 63.3 Å². The Morgan fingerprint density at radius 3 is 2.74 bits per heavy atom. The maximum atomic E-state index is 14.3. The number of nitrogens with zero attached hydrogens (tertiary/aromatic N) is 6. The summed E-state index contributed by atoms with van der Waals surface area (Å²) in [4.78, 5) is 18.4. The molecule has 3 aliphatic rings. The first-order valence-electron chi connectivity index (χ1n) is 14.4. The Morgan fingerprint density at radius 2 is 2.02 bits per heavy atom. The molecule has 0 saturated carbocycles. The Morgan fingerprint density at radius 1 is 1.16 bits per heavy atom. The van der Waals surface area contributed by atoms with Crippen molar-refractivity contribution < 1.29 is 23.0 Å². The second kappa shape index (κ2) is 12.2. The van der Waals surface area contributed by atoms with Gasteiger partial charge >= 0.3 is 0 Å². The van der Waals surface area contributed by atoms with E-state index in [9.17, 15) is 14.0 Å². The molecule has 6 rings (SSSR count). The molecule has 1 aromatic carbocycles. The lowest BCUT2D eigenvalue weighted by Gasteiger charge is -2.46. The lowest BCUT2D eigenvalue weighted by molar-refractivity contribution is -0.109. The summed E-state index contributed by atoms with van der Waals surface area (Å²) in [5.74, 6) is -1.58. The summed E-state index contributed by atoms with van der Waals surface area (Å²) in [6.07, 6.45) is 0.441. The molecule has 1 unspecified atom stereocenters. The highest BCUT2D eigenvalue weighted by Crippen LogP contribution is 2.34. The number of nitrogens with one attached hydrogen (secondary N) is 2. The van der Waals surface area contributed by atoms with Crippen molar-refractivity contribution in [3.05, 3.63) is 48.2 Å². The van der Waals surface area contributed by atoms with Crippen molar-refractivity contribution in [2.45, 2.75) is 37.5 Å². The van der Waals surface area contributed by atoms with Crippen LogP contribution in [0.15, 0.2) is 42.6 Å². The molecule has 0 amide bonds. The first-order valence-corrected chi connectivity index (χ1v) is 14.4. The van der Waals surface area contributed by atoms with Gasteiger partial charge in [0, 0.05) is 43.9 Å². The molecule has 11 nitrogen and oxygen atoms in total. The van der Waals surface area contributed by atoms with E-state index in [0.717, 1.165) is 38.5 Å². The lowest BCUT2D eigenvalue weighted by Crippen LogP contribution is -2.59. The van der Waals surface area contributed by atoms with Gasteiger partial charge in [-0.2, -0.15) is 10.2 Å². The van der Waals surface area contributed by atoms with Gasteiger partial charge < -0.3 is 29.7 Å². The van der Waals surface area contributed by atoms with Gasteiger partial charge in [0.2, 0.25) is 11.8 Å². The van der Waals surface area contributed by atoms with E-state index in [1.807, 2.05) is 12.1 Å². The Bertz CT molecular complexity index is 1500. The van der Waals surface area contributed by atoms with Crippen LogP contribution >= 0.6 is 0 Å². The average Bonchev–Trinajstić information content (AvgIpc) is 2.98. The smallest absolute Gasteiger partial charge is 0.296 e. The zero-order valence-electron chi connectivity index (χ0n) is 24.1. The molecular weight excluding hydrogens is 558 g/mol. The quantitative estimate of drug-likeness (QED) is 0.400. The number of hydrogen-bond acceptors (Lipinski definition) is 11. The number of pyridine rings is 1. The van der Waals surface area contributed by atoms with Gasteiger partial charge in [0.15, 0.2) is 6.10 Å². The van der Waals surface area contributed by atoms with Gasteiger partial charge in [0.25, 0.3) is 5.92 Å². The topological polar surface area (TPSA) is 121 Å². The van der Waals surface area contributed by atoms with E-state index in [0.29, 0.717) is 41.5 Å². The molecule has 0 spiro atoms. The fourth-order valence-corrected chi connectivity index (χ4v) is 5.67. The van der Waals surface area contributed by atoms with Gasteiger partial charge in [-0.25, -0.2) is 18.7 Å². The number of ether oxygens (including phenoxy) is 3. The molecule has 3 fully saturated rings. The van der Waals surface area contributed by atoms with Gasteiger partial charge in [-0.15, -0.1) is 0 Å². The zero-order valence-corrected chi connectivity index (χ0v) is 24.1. The van der Waals surface area contributed by atoms with Gasteiger partial charge in [-0.1, -0.05) is 0 Å².